The highest BCUT2D eigenvalue weighted by molar-refractivity contribution is 5.39. The van der Waals surface area contributed by atoms with Crippen molar-refractivity contribution < 1.29 is 0 Å². The first kappa shape index (κ1) is 22.7. The summed E-state index contributed by atoms with van der Waals surface area (Å²) in [5.41, 5.74) is 7.21. The van der Waals surface area contributed by atoms with Gasteiger partial charge < -0.3 is 0 Å². The third-order valence-corrected chi connectivity index (χ3v) is 11.2. The van der Waals surface area contributed by atoms with Crippen molar-refractivity contribution >= 4 is 0 Å². The number of fused-ring (bicyclic) bond motifs is 4. The highest BCUT2D eigenvalue weighted by Crippen LogP contribution is 2.72. The molecular weight excluding hydrogens is 360 g/mol. The second-order valence-corrected chi connectivity index (χ2v) is 13.3. The molecule has 169 valence electrons. The zero-order valence-electron chi connectivity index (χ0n) is 21.5. The Morgan fingerprint density at radius 1 is 1.00 bits per heavy atom. The van der Waals surface area contributed by atoms with Crippen LogP contribution in [-0.2, 0) is 0 Å². The molecule has 30 heavy (non-hydrogen) atoms. The fourth-order valence-corrected chi connectivity index (χ4v) is 9.31. The van der Waals surface area contributed by atoms with Crippen molar-refractivity contribution in [2.75, 3.05) is 0 Å². The minimum Gasteiger partial charge on any atom is -0.0859 e. The summed E-state index contributed by atoms with van der Waals surface area (Å²) < 4.78 is 0. The predicted octanol–water partition coefficient (Wildman–Crippen LogP) is 9.32. The molecule has 0 heterocycles. The molecule has 2 fully saturated rings. The van der Waals surface area contributed by atoms with E-state index in [0.717, 1.165) is 17.8 Å². The molecule has 2 saturated carbocycles. The molecule has 4 aliphatic carbocycles. The van der Waals surface area contributed by atoms with Crippen molar-refractivity contribution in [3.63, 3.8) is 0 Å². The molecule has 4 aliphatic rings. The van der Waals surface area contributed by atoms with Crippen molar-refractivity contribution in [3.8, 4) is 0 Å². The van der Waals surface area contributed by atoms with Crippen LogP contribution in [0.1, 0.15) is 120 Å². The standard InChI is InChI=1S/C30H49/c1-21(2)11-9-12-22(3)23-15-19-30(8)25-13-14-26-27(4,5)17-10-18-28(26,6)24(25)16-20-29(23,30)7/h11,17,22-23,26H,9-10,12-16,18-20H2,1-8H3/t22-,23-,26?,28-,29-,30+/m1/s1. The van der Waals surface area contributed by atoms with Gasteiger partial charge in [0.2, 0.25) is 0 Å². The van der Waals surface area contributed by atoms with Crippen LogP contribution in [-0.4, -0.2) is 0 Å². The Morgan fingerprint density at radius 2 is 1.73 bits per heavy atom. The van der Waals surface area contributed by atoms with E-state index in [1.165, 1.54) is 69.8 Å². The summed E-state index contributed by atoms with van der Waals surface area (Å²) in [6, 6.07) is 0. The maximum absolute atomic E-state index is 2.71. The Kier molecular flexibility index (Phi) is 5.68. The summed E-state index contributed by atoms with van der Waals surface area (Å²) in [6.07, 6.45) is 19.0. The van der Waals surface area contributed by atoms with Crippen LogP contribution < -0.4 is 0 Å². The van der Waals surface area contributed by atoms with Crippen LogP contribution in [0.5, 0.6) is 0 Å². The first-order valence-electron chi connectivity index (χ1n) is 13.2. The first-order chi connectivity index (χ1) is 14.0. The van der Waals surface area contributed by atoms with E-state index in [0.29, 0.717) is 21.7 Å². The maximum Gasteiger partial charge on any atom is -0.00568 e. The van der Waals surface area contributed by atoms with E-state index < -0.39 is 0 Å². The Balaban J connectivity index is 1.64. The van der Waals surface area contributed by atoms with E-state index in [1.54, 1.807) is 0 Å². The van der Waals surface area contributed by atoms with Gasteiger partial charge in [-0.1, -0.05) is 64.3 Å². The van der Waals surface area contributed by atoms with Crippen molar-refractivity contribution in [1.82, 2.24) is 0 Å². The van der Waals surface area contributed by atoms with Gasteiger partial charge in [-0.2, -0.15) is 0 Å². The van der Waals surface area contributed by atoms with E-state index in [4.69, 9.17) is 0 Å². The van der Waals surface area contributed by atoms with E-state index in [-0.39, 0.29) is 0 Å². The maximum atomic E-state index is 2.71. The van der Waals surface area contributed by atoms with Crippen LogP contribution in [0.3, 0.4) is 0 Å². The zero-order chi connectivity index (χ0) is 21.9. The number of hydrogen-bond donors (Lipinski definition) is 0. The lowest BCUT2D eigenvalue weighted by molar-refractivity contribution is -0.00125. The van der Waals surface area contributed by atoms with Gasteiger partial charge in [0, 0.05) is 0 Å². The SMILES string of the molecule is CC(C)=CCC[C@@H](C)[C@H]1CC[C@@]2(C)C3=C(CC[C@]12C)[C@@]1(C)CC[CH]C(C)(C)C1CC3. The monoisotopic (exact) mass is 409 g/mol. The van der Waals surface area contributed by atoms with Crippen LogP contribution in [0.2, 0.25) is 0 Å². The zero-order valence-corrected chi connectivity index (χ0v) is 21.5. The molecule has 1 unspecified atom stereocenters. The third kappa shape index (κ3) is 3.21. The highest BCUT2D eigenvalue weighted by atomic mass is 14.7. The fourth-order valence-electron chi connectivity index (χ4n) is 9.31. The van der Waals surface area contributed by atoms with E-state index in [9.17, 15) is 0 Å². The minimum absolute atomic E-state index is 0.408. The van der Waals surface area contributed by atoms with Crippen LogP contribution in [0, 0.1) is 45.8 Å². The molecule has 0 spiro atoms. The van der Waals surface area contributed by atoms with Gasteiger partial charge in [0.25, 0.3) is 0 Å². The van der Waals surface area contributed by atoms with Gasteiger partial charge >= 0.3 is 0 Å². The lowest BCUT2D eigenvalue weighted by Gasteiger charge is -2.61. The van der Waals surface area contributed by atoms with Crippen LogP contribution in [0.25, 0.3) is 0 Å². The van der Waals surface area contributed by atoms with Gasteiger partial charge in [-0.25, -0.2) is 0 Å². The second-order valence-electron chi connectivity index (χ2n) is 13.3. The molecule has 1 radical (unpaired) electrons. The lowest BCUT2D eigenvalue weighted by atomic mass is 9.43. The summed E-state index contributed by atoms with van der Waals surface area (Å²) >= 11 is 0. The third-order valence-electron chi connectivity index (χ3n) is 11.2. The molecule has 4 rings (SSSR count). The van der Waals surface area contributed by atoms with Gasteiger partial charge in [-0.15, -0.1) is 0 Å². The molecule has 0 amide bonds. The fraction of sp³-hybridized carbons (Fsp3) is 0.833. The number of hydrogen-bond acceptors (Lipinski definition) is 0. The normalized spacial score (nSPS) is 43.5. The summed E-state index contributed by atoms with van der Waals surface area (Å²) in [7, 11) is 0. The molecule has 0 heteroatoms. The first-order valence-corrected chi connectivity index (χ1v) is 13.2. The van der Waals surface area contributed by atoms with Gasteiger partial charge in [-0.3, -0.25) is 0 Å². The van der Waals surface area contributed by atoms with Crippen molar-refractivity contribution in [2.24, 2.45) is 39.4 Å². The van der Waals surface area contributed by atoms with Gasteiger partial charge in [0.15, 0.2) is 0 Å². The molecule has 0 aromatic heterocycles. The lowest BCUT2D eigenvalue weighted by Crippen LogP contribution is -2.51. The second kappa shape index (κ2) is 7.52. The smallest absolute Gasteiger partial charge is 0.00568 e. The van der Waals surface area contributed by atoms with Crippen molar-refractivity contribution in [2.45, 2.75) is 120 Å². The van der Waals surface area contributed by atoms with Crippen LogP contribution in [0.15, 0.2) is 22.8 Å². The molecule has 0 aromatic carbocycles. The molecule has 0 N–H and O–H groups in total. The summed E-state index contributed by atoms with van der Waals surface area (Å²) in [5, 5.41) is 0. The van der Waals surface area contributed by atoms with Gasteiger partial charge in [0.1, 0.15) is 0 Å². The minimum atomic E-state index is 0.408. The molecule has 0 saturated heterocycles. The van der Waals surface area contributed by atoms with E-state index in [1.807, 2.05) is 11.1 Å². The molecule has 6 atom stereocenters. The van der Waals surface area contributed by atoms with E-state index >= 15 is 0 Å². The van der Waals surface area contributed by atoms with Gasteiger partial charge in [-0.05, 0) is 124 Å². The molecule has 0 bridgehead atoms. The van der Waals surface area contributed by atoms with Crippen LogP contribution in [0.4, 0.5) is 0 Å². The predicted molar refractivity (Wildman–Crippen MR) is 131 cm³/mol. The van der Waals surface area contributed by atoms with Crippen LogP contribution >= 0.6 is 0 Å². The topological polar surface area (TPSA) is 0 Å². The Morgan fingerprint density at radius 3 is 2.43 bits per heavy atom. The number of rotatable bonds is 4. The Hall–Kier alpha value is -0.520. The molecule has 0 nitrogen and oxygen atoms in total. The summed E-state index contributed by atoms with van der Waals surface area (Å²) in [6.45, 7) is 20.2. The van der Waals surface area contributed by atoms with Crippen molar-refractivity contribution in [1.29, 1.82) is 0 Å². The molecular formula is C30H49. The van der Waals surface area contributed by atoms with Gasteiger partial charge in [0.05, 0.1) is 0 Å². The quantitative estimate of drug-likeness (QED) is 0.406. The highest BCUT2D eigenvalue weighted by Gasteiger charge is 2.62. The van der Waals surface area contributed by atoms with Crippen molar-refractivity contribution in [3.05, 3.63) is 29.2 Å². The average Bonchev–Trinajstić information content (AvgIpc) is 2.92. The summed E-state index contributed by atoms with van der Waals surface area (Å²) in [5.74, 6) is 2.61. The Bertz CT molecular complexity index is 731. The average molecular weight is 410 g/mol. The molecule has 0 aromatic rings. The Labute approximate surface area is 188 Å². The van der Waals surface area contributed by atoms with E-state index in [2.05, 4.69) is 67.9 Å². The molecule has 0 aliphatic heterocycles. The summed E-state index contributed by atoms with van der Waals surface area (Å²) in [4.78, 5) is 0. The number of allylic oxidation sites excluding steroid dienone is 4. The largest absolute Gasteiger partial charge is 0.0859 e.